The minimum absolute atomic E-state index is 0.0525. The molecule has 0 saturated carbocycles. The second kappa shape index (κ2) is 10.7. The summed E-state index contributed by atoms with van der Waals surface area (Å²) in [5, 5.41) is 8.72. The largest absolute Gasteiger partial charge is 0.396 e. The van der Waals surface area contributed by atoms with E-state index in [1.54, 1.807) is 0 Å². The van der Waals surface area contributed by atoms with Gasteiger partial charge in [-0.05, 0) is 38.5 Å². The second-order valence-electron chi connectivity index (χ2n) is 5.14. The van der Waals surface area contributed by atoms with Crippen LogP contribution in [0.3, 0.4) is 0 Å². The number of aliphatic hydroxyl groups is 1. The van der Waals surface area contributed by atoms with Gasteiger partial charge >= 0.3 is 0 Å². The third kappa shape index (κ3) is 8.03. The summed E-state index contributed by atoms with van der Waals surface area (Å²) in [4.78, 5) is 0. The Morgan fingerprint density at radius 2 is 2.00 bits per heavy atom. The Kier molecular flexibility index (Phi) is 9.48. The maximum atomic E-state index is 8.72. The lowest BCUT2D eigenvalue weighted by Gasteiger charge is -2.22. The number of hydrogen-bond acceptors (Lipinski definition) is 4. The van der Waals surface area contributed by atoms with E-state index in [9.17, 15) is 0 Å². The number of rotatable bonds is 10. The van der Waals surface area contributed by atoms with Crippen molar-refractivity contribution in [3.63, 3.8) is 0 Å². The van der Waals surface area contributed by atoms with E-state index in [4.69, 9.17) is 20.3 Å². The second-order valence-corrected chi connectivity index (χ2v) is 5.14. The standard InChI is InChI=1S/C14H29NO3/c15-13(9-10-16)7-3-1-2-5-11-17-14-8-4-6-12-18-14/h13-14,16H,1-12,15H2/t13-,14?/m1/s1. The summed E-state index contributed by atoms with van der Waals surface area (Å²) in [5.74, 6) is 0. The van der Waals surface area contributed by atoms with E-state index >= 15 is 0 Å². The average Bonchev–Trinajstić information content (AvgIpc) is 2.39. The molecule has 2 atom stereocenters. The van der Waals surface area contributed by atoms with Crippen molar-refractivity contribution in [1.29, 1.82) is 0 Å². The molecule has 0 aromatic heterocycles. The first-order valence-corrected chi connectivity index (χ1v) is 7.42. The van der Waals surface area contributed by atoms with Crippen LogP contribution in [0.2, 0.25) is 0 Å². The number of ether oxygens (including phenoxy) is 2. The van der Waals surface area contributed by atoms with Crippen molar-refractivity contribution in [2.45, 2.75) is 70.1 Å². The summed E-state index contributed by atoms with van der Waals surface area (Å²) in [6.45, 7) is 1.87. The van der Waals surface area contributed by atoms with Crippen LogP contribution >= 0.6 is 0 Å². The van der Waals surface area contributed by atoms with E-state index in [-0.39, 0.29) is 18.9 Å². The van der Waals surface area contributed by atoms with Crippen molar-refractivity contribution in [1.82, 2.24) is 0 Å². The third-order valence-corrected chi connectivity index (χ3v) is 3.41. The highest BCUT2D eigenvalue weighted by molar-refractivity contribution is 4.60. The maximum Gasteiger partial charge on any atom is 0.157 e. The number of nitrogens with two attached hydrogens (primary N) is 1. The van der Waals surface area contributed by atoms with Crippen LogP contribution in [0.5, 0.6) is 0 Å². The van der Waals surface area contributed by atoms with E-state index in [0.29, 0.717) is 0 Å². The Balaban J connectivity index is 1.80. The highest BCUT2D eigenvalue weighted by atomic mass is 16.7. The molecular formula is C14H29NO3. The fourth-order valence-corrected chi connectivity index (χ4v) is 2.23. The van der Waals surface area contributed by atoms with Crippen LogP contribution in [0.25, 0.3) is 0 Å². The zero-order valence-electron chi connectivity index (χ0n) is 11.5. The van der Waals surface area contributed by atoms with Gasteiger partial charge in [-0.15, -0.1) is 0 Å². The molecule has 1 rings (SSSR count). The minimum Gasteiger partial charge on any atom is -0.396 e. The van der Waals surface area contributed by atoms with E-state index < -0.39 is 0 Å². The predicted molar refractivity (Wildman–Crippen MR) is 72.3 cm³/mol. The van der Waals surface area contributed by atoms with Gasteiger partial charge in [0.05, 0.1) is 0 Å². The first-order chi connectivity index (χ1) is 8.83. The van der Waals surface area contributed by atoms with Gasteiger partial charge in [0.25, 0.3) is 0 Å². The van der Waals surface area contributed by atoms with Gasteiger partial charge in [0, 0.05) is 25.9 Å². The molecule has 1 heterocycles. The van der Waals surface area contributed by atoms with Gasteiger partial charge in [0.2, 0.25) is 0 Å². The molecule has 1 fully saturated rings. The summed E-state index contributed by atoms with van der Waals surface area (Å²) in [7, 11) is 0. The van der Waals surface area contributed by atoms with Crippen molar-refractivity contribution in [2.24, 2.45) is 5.73 Å². The Labute approximate surface area is 111 Å². The van der Waals surface area contributed by atoms with Crippen LogP contribution in [-0.2, 0) is 9.47 Å². The lowest BCUT2D eigenvalue weighted by atomic mass is 10.1. The summed E-state index contributed by atoms with van der Waals surface area (Å²) < 4.78 is 11.2. The molecule has 0 aromatic rings. The fourth-order valence-electron chi connectivity index (χ4n) is 2.23. The predicted octanol–water partition coefficient (Wildman–Crippen LogP) is 2.19. The number of aliphatic hydroxyl groups excluding tert-OH is 1. The van der Waals surface area contributed by atoms with E-state index in [0.717, 1.165) is 45.3 Å². The lowest BCUT2D eigenvalue weighted by Crippen LogP contribution is -2.22. The van der Waals surface area contributed by atoms with Crippen LogP contribution in [0.1, 0.15) is 57.8 Å². The van der Waals surface area contributed by atoms with E-state index in [2.05, 4.69) is 0 Å². The van der Waals surface area contributed by atoms with Crippen LogP contribution in [0.15, 0.2) is 0 Å². The quantitative estimate of drug-likeness (QED) is 0.590. The number of unbranched alkanes of at least 4 members (excludes halogenated alkanes) is 3. The van der Waals surface area contributed by atoms with Crippen LogP contribution in [0.4, 0.5) is 0 Å². The molecule has 0 aromatic carbocycles. The van der Waals surface area contributed by atoms with Gasteiger partial charge < -0.3 is 20.3 Å². The van der Waals surface area contributed by atoms with E-state index in [1.165, 1.54) is 25.7 Å². The summed E-state index contributed by atoms with van der Waals surface area (Å²) >= 11 is 0. The molecule has 0 bridgehead atoms. The molecule has 1 aliphatic heterocycles. The summed E-state index contributed by atoms with van der Waals surface area (Å²) in [6, 6.07) is 0.168. The Hall–Kier alpha value is -0.160. The van der Waals surface area contributed by atoms with Crippen molar-refractivity contribution >= 4 is 0 Å². The minimum atomic E-state index is 0.0525. The van der Waals surface area contributed by atoms with Crippen molar-refractivity contribution in [3.05, 3.63) is 0 Å². The van der Waals surface area contributed by atoms with Crippen LogP contribution in [0, 0.1) is 0 Å². The molecule has 0 amide bonds. The lowest BCUT2D eigenvalue weighted by molar-refractivity contribution is -0.162. The Morgan fingerprint density at radius 3 is 2.72 bits per heavy atom. The summed E-state index contributed by atoms with van der Waals surface area (Å²) in [6.07, 6.45) is 9.91. The molecule has 1 unspecified atom stereocenters. The smallest absolute Gasteiger partial charge is 0.157 e. The zero-order chi connectivity index (χ0) is 13.1. The van der Waals surface area contributed by atoms with Crippen molar-refractivity contribution in [3.8, 4) is 0 Å². The first kappa shape index (κ1) is 15.9. The first-order valence-electron chi connectivity index (χ1n) is 7.42. The van der Waals surface area contributed by atoms with Crippen molar-refractivity contribution < 1.29 is 14.6 Å². The highest BCUT2D eigenvalue weighted by Crippen LogP contribution is 2.14. The Bertz CT molecular complexity index is 184. The number of hydrogen-bond donors (Lipinski definition) is 2. The van der Waals surface area contributed by atoms with Gasteiger partial charge in [-0.25, -0.2) is 0 Å². The highest BCUT2D eigenvalue weighted by Gasteiger charge is 2.13. The van der Waals surface area contributed by atoms with Gasteiger partial charge in [-0.3, -0.25) is 0 Å². The van der Waals surface area contributed by atoms with Crippen molar-refractivity contribution in [2.75, 3.05) is 19.8 Å². The molecule has 0 radical (unpaired) electrons. The topological polar surface area (TPSA) is 64.7 Å². The average molecular weight is 259 g/mol. The SMILES string of the molecule is N[C@@H](CCO)CCCCCCOC1CCCCO1. The van der Waals surface area contributed by atoms with Crippen LogP contribution in [-0.4, -0.2) is 37.3 Å². The molecule has 4 nitrogen and oxygen atoms in total. The maximum absolute atomic E-state index is 8.72. The van der Waals surface area contributed by atoms with Gasteiger partial charge in [-0.1, -0.05) is 19.3 Å². The summed E-state index contributed by atoms with van der Waals surface area (Å²) in [5.41, 5.74) is 5.82. The fraction of sp³-hybridized carbons (Fsp3) is 1.00. The molecular weight excluding hydrogens is 230 g/mol. The van der Waals surface area contributed by atoms with Gasteiger partial charge in [0.15, 0.2) is 6.29 Å². The molecule has 3 N–H and O–H groups in total. The monoisotopic (exact) mass is 259 g/mol. The molecule has 108 valence electrons. The zero-order valence-corrected chi connectivity index (χ0v) is 11.5. The Morgan fingerprint density at radius 1 is 1.17 bits per heavy atom. The van der Waals surface area contributed by atoms with Gasteiger partial charge in [-0.2, -0.15) is 0 Å². The molecule has 0 aliphatic carbocycles. The van der Waals surface area contributed by atoms with Gasteiger partial charge in [0.1, 0.15) is 0 Å². The molecule has 1 saturated heterocycles. The van der Waals surface area contributed by atoms with E-state index in [1.807, 2.05) is 0 Å². The normalized spacial score (nSPS) is 22.0. The molecule has 0 spiro atoms. The molecule has 1 aliphatic rings. The third-order valence-electron chi connectivity index (χ3n) is 3.41. The van der Waals surface area contributed by atoms with Crippen LogP contribution < -0.4 is 5.73 Å². The molecule has 18 heavy (non-hydrogen) atoms. The molecule has 4 heteroatoms.